The van der Waals surface area contributed by atoms with Crippen molar-refractivity contribution in [1.82, 2.24) is 15.2 Å². The van der Waals surface area contributed by atoms with Gasteiger partial charge in [-0.1, -0.05) is 74.7 Å². The summed E-state index contributed by atoms with van der Waals surface area (Å²) in [6.45, 7) is 11.4. The van der Waals surface area contributed by atoms with Crippen molar-refractivity contribution in [2.24, 2.45) is 0 Å². The molecule has 2 aromatic carbocycles. The number of halogens is 1. The minimum atomic E-state index is -0.660. The van der Waals surface area contributed by atoms with Gasteiger partial charge in [0, 0.05) is 31.2 Å². The maximum absolute atomic E-state index is 13.0. The number of pyridine rings is 1. The summed E-state index contributed by atoms with van der Waals surface area (Å²) in [6.07, 6.45) is 9.52. The summed E-state index contributed by atoms with van der Waals surface area (Å²) < 4.78 is 13.0. The van der Waals surface area contributed by atoms with Crippen molar-refractivity contribution in [3.8, 4) is 0 Å². The Hall–Kier alpha value is -3.40. The highest BCUT2D eigenvalue weighted by atomic mass is 19.1. The van der Waals surface area contributed by atoms with Crippen molar-refractivity contribution in [3.05, 3.63) is 126 Å². The fraction of sp³-hybridized carbons (Fsp3) is 0.323. The summed E-state index contributed by atoms with van der Waals surface area (Å²) in [5, 5.41) is 3.32. The van der Waals surface area contributed by atoms with Crippen LogP contribution in [0.3, 0.4) is 0 Å². The van der Waals surface area contributed by atoms with Crippen molar-refractivity contribution < 1.29 is 4.39 Å². The smallest absolute Gasteiger partial charge is 0.119 e. The predicted octanol–water partition coefficient (Wildman–Crippen LogP) is 7.03. The maximum Gasteiger partial charge on any atom is 0.119 e. The van der Waals surface area contributed by atoms with E-state index < -0.39 is 6.17 Å². The first-order valence-electron chi connectivity index (χ1n) is 12.6. The normalized spacial score (nSPS) is 15.6. The number of hydrogen-bond donors (Lipinski definition) is 1. The molecule has 35 heavy (non-hydrogen) atoms. The second kappa shape index (κ2) is 14.1. The average molecular weight is 472 g/mol. The molecular weight excluding hydrogens is 433 g/mol. The Bertz CT molecular complexity index is 1020. The molecule has 1 N–H and O–H groups in total. The van der Waals surface area contributed by atoms with Crippen LogP contribution in [0.4, 0.5) is 4.39 Å². The van der Waals surface area contributed by atoms with E-state index in [1.807, 2.05) is 30.6 Å². The summed E-state index contributed by atoms with van der Waals surface area (Å²) in [6, 6.07) is 23.4. The lowest BCUT2D eigenvalue weighted by molar-refractivity contribution is 0.319. The first-order chi connectivity index (χ1) is 17.1. The number of nitrogens with one attached hydrogen (secondary N) is 1. The Labute approximate surface area is 210 Å². The molecule has 0 bridgehead atoms. The number of alkyl halides is 1. The lowest BCUT2D eigenvalue weighted by atomic mass is 9.97. The van der Waals surface area contributed by atoms with E-state index in [1.54, 1.807) is 6.20 Å². The number of nitrogens with zero attached hydrogens (tertiary/aromatic N) is 2. The molecule has 0 radical (unpaired) electrons. The molecule has 1 aliphatic rings. The van der Waals surface area contributed by atoms with Crippen molar-refractivity contribution in [2.75, 3.05) is 13.1 Å². The van der Waals surface area contributed by atoms with Crippen molar-refractivity contribution in [3.63, 3.8) is 0 Å². The molecule has 3 nitrogen and oxygen atoms in total. The summed E-state index contributed by atoms with van der Waals surface area (Å²) in [5.74, 6) is 0. The minimum absolute atomic E-state index is 0.176. The standard InChI is InChI=1S/C17H19N.C14H19FN2/c1-3-14-10-12-16(13-11-14)17(18-4-2)15-8-6-5-7-9-15;1-12(17-10-7-14(15)11-17)3-2-4-13-5-8-16-9-6-13/h4-13,17-18H,2-3H2,1H3;5-6,8-9,14H,1-4,7,10-11H2. The van der Waals surface area contributed by atoms with Gasteiger partial charge in [0.1, 0.15) is 6.17 Å². The Kier molecular flexibility index (Phi) is 10.6. The fourth-order valence-corrected chi connectivity index (χ4v) is 4.30. The number of allylic oxidation sites excluding steroid dienone is 1. The van der Waals surface area contributed by atoms with Gasteiger partial charge in [0.05, 0.1) is 6.04 Å². The molecule has 0 aliphatic carbocycles. The quantitative estimate of drug-likeness (QED) is 0.344. The molecule has 0 spiro atoms. The average Bonchev–Trinajstić information content (AvgIpc) is 3.35. The van der Waals surface area contributed by atoms with E-state index in [9.17, 15) is 4.39 Å². The molecule has 4 rings (SSSR count). The van der Waals surface area contributed by atoms with Crippen molar-refractivity contribution >= 4 is 0 Å². The van der Waals surface area contributed by atoms with E-state index in [0.717, 1.165) is 37.9 Å². The molecule has 1 aliphatic heterocycles. The molecule has 2 atom stereocenters. The third kappa shape index (κ3) is 8.40. The first-order valence-corrected chi connectivity index (χ1v) is 12.6. The number of aryl methyl sites for hydroxylation is 2. The van der Waals surface area contributed by atoms with Gasteiger partial charge in [0.2, 0.25) is 0 Å². The molecule has 2 unspecified atom stereocenters. The van der Waals surface area contributed by atoms with Crippen LogP contribution in [0.15, 0.2) is 104 Å². The van der Waals surface area contributed by atoms with E-state index in [0.29, 0.717) is 13.0 Å². The molecule has 0 amide bonds. The Morgan fingerprint density at radius 2 is 1.74 bits per heavy atom. The van der Waals surface area contributed by atoms with Crippen LogP contribution in [0.5, 0.6) is 0 Å². The molecule has 2 heterocycles. The zero-order valence-corrected chi connectivity index (χ0v) is 20.9. The van der Waals surface area contributed by atoms with E-state index >= 15 is 0 Å². The largest absolute Gasteiger partial charge is 0.381 e. The van der Waals surface area contributed by atoms with Crippen molar-refractivity contribution in [1.29, 1.82) is 0 Å². The second-order valence-corrected chi connectivity index (χ2v) is 8.92. The van der Waals surface area contributed by atoms with Gasteiger partial charge in [-0.3, -0.25) is 4.98 Å². The summed E-state index contributed by atoms with van der Waals surface area (Å²) in [7, 11) is 0. The Morgan fingerprint density at radius 3 is 2.34 bits per heavy atom. The SMILES string of the molecule is C=C(CCCc1ccncc1)N1CCC(F)C1.C=CNC(c1ccccc1)c1ccc(CC)cc1. The van der Waals surface area contributed by atoms with Crippen LogP contribution in [-0.2, 0) is 12.8 Å². The van der Waals surface area contributed by atoms with Gasteiger partial charge in [0.25, 0.3) is 0 Å². The van der Waals surface area contributed by atoms with Gasteiger partial charge >= 0.3 is 0 Å². The van der Waals surface area contributed by atoms with Gasteiger partial charge in [-0.15, -0.1) is 0 Å². The topological polar surface area (TPSA) is 28.2 Å². The fourth-order valence-electron chi connectivity index (χ4n) is 4.30. The lowest BCUT2D eigenvalue weighted by Crippen LogP contribution is -2.19. The van der Waals surface area contributed by atoms with E-state index in [4.69, 9.17) is 0 Å². The molecule has 1 saturated heterocycles. The third-order valence-electron chi connectivity index (χ3n) is 6.40. The highest BCUT2D eigenvalue weighted by molar-refractivity contribution is 5.34. The van der Waals surface area contributed by atoms with Crippen LogP contribution in [0.1, 0.15) is 54.5 Å². The first kappa shape index (κ1) is 26.2. The molecule has 1 fully saturated rings. The highest BCUT2D eigenvalue weighted by Gasteiger charge is 2.22. The predicted molar refractivity (Wildman–Crippen MR) is 145 cm³/mol. The number of rotatable bonds is 10. The van der Waals surface area contributed by atoms with E-state index in [-0.39, 0.29) is 6.04 Å². The summed E-state index contributed by atoms with van der Waals surface area (Å²) >= 11 is 0. The maximum atomic E-state index is 13.0. The van der Waals surface area contributed by atoms with Crippen LogP contribution in [0, 0.1) is 0 Å². The lowest BCUT2D eigenvalue weighted by Gasteiger charge is -2.20. The number of aromatic nitrogens is 1. The van der Waals surface area contributed by atoms with Gasteiger partial charge in [-0.05, 0) is 72.7 Å². The number of likely N-dealkylation sites (tertiary alicyclic amines) is 1. The Balaban J connectivity index is 0.000000196. The molecule has 3 aromatic rings. The van der Waals surface area contributed by atoms with Gasteiger partial charge in [0.15, 0.2) is 0 Å². The molecule has 4 heteroatoms. The summed E-state index contributed by atoms with van der Waals surface area (Å²) in [5.41, 5.74) is 6.26. The molecule has 0 saturated carbocycles. The minimum Gasteiger partial charge on any atom is -0.381 e. The molecule has 184 valence electrons. The number of hydrogen-bond acceptors (Lipinski definition) is 3. The second-order valence-electron chi connectivity index (χ2n) is 8.92. The van der Waals surface area contributed by atoms with Crippen LogP contribution in [0.25, 0.3) is 0 Å². The number of benzene rings is 2. The van der Waals surface area contributed by atoms with E-state index in [2.05, 4.69) is 83.8 Å². The molecular formula is C31H38FN3. The van der Waals surface area contributed by atoms with E-state index in [1.165, 1.54) is 22.3 Å². The van der Waals surface area contributed by atoms with Crippen LogP contribution >= 0.6 is 0 Å². The van der Waals surface area contributed by atoms with Gasteiger partial charge < -0.3 is 10.2 Å². The van der Waals surface area contributed by atoms with Gasteiger partial charge in [-0.2, -0.15) is 0 Å². The third-order valence-corrected chi connectivity index (χ3v) is 6.40. The monoisotopic (exact) mass is 471 g/mol. The zero-order chi connectivity index (χ0) is 24.9. The van der Waals surface area contributed by atoms with Crippen LogP contribution in [0.2, 0.25) is 0 Å². The highest BCUT2D eigenvalue weighted by Crippen LogP contribution is 2.23. The van der Waals surface area contributed by atoms with Crippen LogP contribution < -0.4 is 5.32 Å². The summed E-state index contributed by atoms with van der Waals surface area (Å²) in [4.78, 5) is 6.07. The van der Waals surface area contributed by atoms with Crippen LogP contribution in [-0.4, -0.2) is 29.1 Å². The Morgan fingerprint density at radius 1 is 1.06 bits per heavy atom. The van der Waals surface area contributed by atoms with Crippen molar-refractivity contribution in [2.45, 2.75) is 51.2 Å². The molecule has 1 aromatic heterocycles. The zero-order valence-electron chi connectivity index (χ0n) is 20.9. The van der Waals surface area contributed by atoms with Gasteiger partial charge in [-0.25, -0.2) is 4.39 Å².